The monoisotopic (exact) mass is 306 g/mol. The fourth-order valence-electron chi connectivity index (χ4n) is 2.30. The maximum Gasteiger partial charge on any atom is 0.269 e. The summed E-state index contributed by atoms with van der Waals surface area (Å²) >= 11 is 0. The van der Waals surface area contributed by atoms with Crippen LogP contribution in [0.2, 0.25) is 0 Å². The minimum atomic E-state index is -0.494. The van der Waals surface area contributed by atoms with Crippen molar-refractivity contribution in [3.05, 3.63) is 39.9 Å². The fraction of sp³-hybridized carbons (Fsp3) is 0.429. The Balaban J connectivity index is 1.92. The number of nitro benzene ring substituents is 1. The number of benzene rings is 1. The van der Waals surface area contributed by atoms with E-state index in [-0.39, 0.29) is 17.5 Å². The number of hydrogen-bond donors (Lipinski definition) is 1. The Labute approximate surface area is 127 Å². The lowest BCUT2D eigenvalue weighted by atomic mass is 10.1. The van der Waals surface area contributed by atoms with Gasteiger partial charge in [-0.1, -0.05) is 0 Å². The molecule has 0 aliphatic carbocycles. The van der Waals surface area contributed by atoms with Gasteiger partial charge in [-0.15, -0.1) is 0 Å². The summed E-state index contributed by atoms with van der Waals surface area (Å²) in [5, 5.41) is 13.2. The first-order valence-electron chi connectivity index (χ1n) is 6.98. The van der Waals surface area contributed by atoms with Crippen LogP contribution >= 0.6 is 0 Å². The maximum absolute atomic E-state index is 12.3. The van der Waals surface area contributed by atoms with Gasteiger partial charge >= 0.3 is 0 Å². The highest BCUT2D eigenvalue weighted by Crippen LogP contribution is 2.14. The van der Waals surface area contributed by atoms with E-state index in [0.29, 0.717) is 38.3 Å². The van der Waals surface area contributed by atoms with Crippen molar-refractivity contribution in [3.63, 3.8) is 0 Å². The van der Waals surface area contributed by atoms with Gasteiger partial charge in [-0.3, -0.25) is 24.6 Å². The summed E-state index contributed by atoms with van der Waals surface area (Å²) in [7, 11) is 1.59. The van der Waals surface area contributed by atoms with Crippen molar-refractivity contribution >= 4 is 17.5 Å². The van der Waals surface area contributed by atoms with Gasteiger partial charge in [-0.05, 0) is 12.1 Å². The third-order valence-corrected chi connectivity index (χ3v) is 3.63. The molecule has 22 heavy (non-hydrogen) atoms. The molecule has 1 aromatic rings. The average Bonchev–Trinajstić information content (AvgIpc) is 2.55. The van der Waals surface area contributed by atoms with E-state index >= 15 is 0 Å². The number of non-ortho nitro benzene ring substituents is 1. The van der Waals surface area contributed by atoms with Gasteiger partial charge in [0.25, 0.3) is 11.6 Å². The number of likely N-dealkylation sites (N-methyl/N-ethyl adjacent to an activating group) is 1. The normalized spacial score (nSPS) is 15.4. The smallest absolute Gasteiger partial charge is 0.269 e. The van der Waals surface area contributed by atoms with Crippen molar-refractivity contribution in [2.24, 2.45) is 0 Å². The quantitative estimate of drug-likeness (QED) is 0.628. The molecule has 1 aliphatic rings. The molecule has 0 bridgehead atoms. The number of nitrogens with zero attached hydrogens (tertiary/aromatic N) is 3. The minimum absolute atomic E-state index is 0.0352. The van der Waals surface area contributed by atoms with Crippen LogP contribution in [0.3, 0.4) is 0 Å². The Bertz CT molecular complexity index is 565. The van der Waals surface area contributed by atoms with E-state index in [0.717, 1.165) is 0 Å². The van der Waals surface area contributed by atoms with Gasteiger partial charge in [-0.2, -0.15) is 0 Å². The number of nitrogens with one attached hydrogen (secondary N) is 1. The van der Waals surface area contributed by atoms with Gasteiger partial charge in [0, 0.05) is 50.9 Å². The maximum atomic E-state index is 12.3. The molecule has 0 spiro atoms. The van der Waals surface area contributed by atoms with Crippen molar-refractivity contribution in [1.82, 2.24) is 15.1 Å². The SMILES string of the molecule is CNC(=O)CN1CCN(C(=O)c2ccc([N+](=O)[O-])cc2)CC1. The number of amides is 2. The molecule has 0 saturated carbocycles. The summed E-state index contributed by atoms with van der Waals surface area (Å²) in [5.41, 5.74) is 0.400. The fourth-order valence-corrected chi connectivity index (χ4v) is 2.30. The lowest BCUT2D eigenvalue weighted by Crippen LogP contribution is -2.50. The van der Waals surface area contributed by atoms with E-state index in [1.807, 2.05) is 4.90 Å². The van der Waals surface area contributed by atoms with Crippen LogP contribution in [0.1, 0.15) is 10.4 Å². The second kappa shape index (κ2) is 6.99. The van der Waals surface area contributed by atoms with Crippen molar-refractivity contribution in [1.29, 1.82) is 0 Å². The van der Waals surface area contributed by atoms with Crippen molar-refractivity contribution < 1.29 is 14.5 Å². The van der Waals surface area contributed by atoms with Gasteiger partial charge in [0.05, 0.1) is 11.5 Å². The first-order chi connectivity index (χ1) is 10.5. The highest BCUT2D eigenvalue weighted by Gasteiger charge is 2.23. The van der Waals surface area contributed by atoms with Crippen LogP contribution in [0.5, 0.6) is 0 Å². The van der Waals surface area contributed by atoms with Crippen LogP contribution in [-0.4, -0.2) is 66.3 Å². The zero-order chi connectivity index (χ0) is 16.1. The molecule has 118 valence electrons. The van der Waals surface area contributed by atoms with Crippen molar-refractivity contribution in [2.75, 3.05) is 39.8 Å². The van der Waals surface area contributed by atoms with E-state index in [1.165, 1.54) is 24.3 Å². The van der Waals surface area contributed by atoms with Crippen molar-refractivity contribution in [3.8, 4) is 0 Å². The third-order valence-electron chi connectivity index (χ3n) is 3.63. The molecule has 0 unspecified atom stereocenters. The Kier molecular flexibility index (Phi) is 5.05. The predicted octanol–water partition coefficient (Wildman–Crippen LogP) is 0.0986. The third kappa shape index (κ3) is 3.79. The second-order valence-corrected chi connectivity index (χ2v) is 5.05. The number of hydrogen-bond acceptors (Lipinski definition) is 5. The summed E-state index contributed by atoms with van der Waals surface area (Å²) in [6.07, 6.45) is 0. The molecule has 0 aromatic heterocycles. The van der Waals surface area contributed by atoms with Gasteiger partial charge in [0.15, 0.2) is 0 Å². The molecule has 1 heterocycles. The zero-order valence-corrected chi connectivity index (χ0v) is 12.3. The van der Waals surface area contributed by atoms with Crippen molar-refractivity contribution in [2.45, 2.75) is 0 Å². The largest absolute Gasteiger partial charge is 0.358 e. The summed E-state index contributed by atoms with van der Waals surface area (Å²) in [6.45, 7) is 2.66. The molecule has 1 aromatic carbocycles. The van der Waals surface area contributed by atoms with E-state index < -0.39 is 4.92 Å². The molecule has 2 amide bonds. The Morgan fingerprint density at radius 1 is 1.18 bits per heavy atom. The molecule has 2 rings (SSSR count). The first kappa shape index (κ1) is 15.9. The minimum Gasteiger partial charge on any atom is -0.358 e. The highest BCUT2D eigenvalue weighted by atomic mass is 16.6. The number of carbonyl (C=O) groups excluding carboxylic acids is 2. The van der Waals surface area contributed by atoms with Crippen LogP contribution in [0.15, 0.2) is 24.3 Å². The molecular formula is C14H18N4O4. The number of carbonyl (C=O) groups is 2. The predicted molar refractivity (Wildman–Crippen MR) is 79.5 cm³/mol. The molecule has 1 aliphatic heterocycles. The summed E-state index contributed by atoms with van der Waals surface area (Å²) in [6, 6.07) is 5.60. The standard InChI is InChI=1S/C14H18N4O4/c1-15-13(19)10-16-6-8-17(9-7-16)14(20)11-2-4-12(5-3-11)18(21)22/h2-5H,6-10H2,1H3,(H,15,19). The topological polar surface area (TPSA) is 95.8 Å². The molecule has 0 radical (unpaired) electrons. The van der Waals surface area contributed by atoms with Crippen LogP contribution in [0.25, 0.3) is 0 Å². The van der Waals surface area contributed by atoms with Crippen LogP contribution in [-0.2, 0) is 4.79 Å². The van der Waals surface area contributed by atoms with E-state index in [1.54, 1.807) is 11.9 Å². The molecule has 0 atom stereocenters. The van der Waals surface area contributed by atoms with Crippen LogP contribution in [0, 0.1) is 10.1 Å². The Hall–Kier alpha value is -2.48. The van der Waals surface area contributed by atoms with Gasteiger partial charge in [-0.25, -0.2) is 0 Å². The van der Waals surface area contributed by atoms with E-state index in [4.69, 9.17) is 0 Å². The average molecular weight is 306 g/mol. The summed E-state index contributed by atoms with van der Waals surface area (Å²) in [5.74, 6) is -0.190. The molecule has 1 saturated heterocycles. The molecule has 1 fully saturated rings. The van der Waals surface area contributed by atoms with E-state index in [9.17, 15) is 19.7 Å². The van der Waals surface area contributed by atoms with Crippen LogP contribution < -0.4 is 5.32 Å². The lowest BCUT2D eigenvalue weighted by Gasteiger charge is -2.34. The molecule has 8 nitrogen and oxygen atoms in total. The molecule has 1 N–H and O–H groups in total. The van der Waals surface area contributed by atoms with Gasteiger partial charge in [0.2, 0.25) is 5.91 Å². The van der Waals surface area contributed by atoms with E-state index in [2.05, 4.69) is 5.32 Å². The Morgan fingerprint density at radius 2 is 1.77 bits per heavy atom. The zero-order valence-electron chi connectivity index (χ0n) is 12.3. The number of rotatable bonds is 4. The second-order valence-electron chi connectivity index (χ2n) is 5.05. The molecule has 8 heteroatoms. The summed E-state index contributed by atoms with van der Waals surface area (Å²) in [4.78, 5) is 37.4. The first-order valence-corrected chi connectivity index (χ1v) is 6.98. The summed E-state index contributed by atoms with van der Waals surface area (Å²) < 4.78 is 0. The van der Waals surface area contributed by atoms with Gasteiger partial charge < -0.3 is 10.2 Å². The van der Waals surface area contributed by atoms with Crippen LogP contribution in [0.4, 0.5) is 5.69 Å². The number of nitro groups is 1. The lowest BCUT2D eigenvalue weighted by molar-refractivity contribution is -0.384. The highest BCUT2D eigenvalue weighted by molar-refractivity contribution is 5.94. The molecular weight excluding hydrogens is 288 g/mol. The Morgan fingerprint density at radius 3 is 2.27 bits per heavy atom. The number of piperazine rings is 1. The van der Waals surface area contributed by atoms with Gasteiger partial charge in [0.1, 0.15) is 0 Å².